The molecule has 2 N–H and O–H groups in total. The minimum atomic E-state index is 0. The predicted octanol–water partition coefficient (Wildman–Crippen LogP) is 0.949. The number of hydrogen-bond donors (Lipinski definition) is 1. The van der Waals surface area contributed by atoms with Crippen LogP contribution < -0.4 is 5.73 Å². The van der Waals surface area contributed by atoms with E-state index in [1.54, 1.807) is 0 Å². The van der Waals surface area contributed by atoms with Gasteiger partial charge in [-0.15, -0.1) is 0 Å². The first-order valence-corrected chi connectivity index (χ1v) is 2.12. The highest BCUT2D eigenvalue weighted by atomic mass is 14.5. The molecular weight excluding hydrogens is 74.1 g/mol. The average Bonchev–Trinajstić information content (AvgIpc) is 1.41. The summed E-state index contributed by atoms with van der Waals surface area (Å²) in [5, 5.41) is 0. The molecule has 37 valence electrons. The maximum absolute atomic E-state index is 5.14. The Balaban J connectivity index is 0. The van der Waals surface area contributed by atoms with Crippen molar-refractivity contribution in [1.29, 1.82) is 0 Å². The van der Waals surface area contributed by atoms with Gasteiger partial charge >= 0.3 is 0 Å². The smallest absolute Gasteiger partial charge is 0.00774 e. The lowest BCUT2D eigenvalue weighted by atomic mass is 10.3. The molecule has 0 aromatic heterocycles. The summed E-state index contributed by atoms with van der Waals surface area (Å²) in [5.41, 5.74) is 5.14. The normalized spacial score (nSPS) is 7.00. The molecule has 3 radical (unpaired) electrons. The van der Waals surface area contributed by atoms with Crippen LogP contribution in [0.25, 0.3) is 0 Å². The van der Waals surface area contributed by atoms with Crippen molar-refractivity contribution < 1.29 is 0 Å². The Morgan fingerprint density at radius 2 is 2.00 bits per heavy atom. The number of nitrogens with two attached hydrogens (primary N) is 1. The lowest BCUT2D eigenvalue weighted by molar-refractivity contribution is 0.807. The van der Waals surface area contributed by atoms with Crippen LogP contribution in [0, 0.1) is 7.43 Å². The van der Waals surface area contributed by atoms with Crippen LogP contribution in [0.5, 0.6) is 0 Å². The van der Waals surface area contributed by atoms with E-state index in [9.17, 15) is 0 Å². The molecule has 0 aliphatic carbocycles. The summed E-state index contributed by atoms with van der Waals surface area (Å²) in [4.78, 5) is 0. The molecule has 0 heterocycles. The summed E-state index contributed by atoms with van der Waals surface area (Å²) in [5.74, 6) is 0. The SMILES string of the molecule is CCCCN.[CH]. The molecule has 0 spiro atoms. The highest BCUT2D eigenvalue weighted by Crippen LogP contribution is 1.77. The lowest BCUT2D eigenvalue weighted by Gasteiger charge is -1.80. The summed E-state index contributed by atoms with van der Waals surface area (Å²) in [6.45, 7) is 2.98. The van der Waals surface area contributed by atoms with Gasteiger partial charge in [0.25, 0.3) is 0 Å². The second-order valence-corrected chi connectivity index (χ2v) is 1.14. The Bertz CT molecular complexity index is 11.4. The molecule has 0 aromatic carbocycles. The van der Waals surface area contributed by atoms with Gasteiger partial charge in [-0.25, -0.2) is 0 Å². The van der Waals surface area contributed by atoms with Crippen LogP contribution in [0.3, 0.4) is 0 Å². The zero-order valence-electron chi connectivity index (χ0n) is 4.28. The third-order valence-corrected chi connectivity index (χ3v) is 0.558. The molecule has 1 heteroatoms. The molecule has 0 rings (SSSR count). The molecule has 0 aromatic rings. The Hall–Kier alpha value is -0.0400. The molecule has 0 aliphatic heterocycles. The molecule has 0 unspecified atom stereocenters. The van der Waals surface area contributed by atoms with E-state index in [4.69, 9.17) is 5.73 Å². The van der Waals surface area contributed by atoms with E-state index in [1.165, 1.54) is 12.8 Å². The molecule has 0 amide bonds. The fourth-order valence-electron chi connectivity index (χ4n) is 0.204. The maximum atomic E-state index is 5.14. The van der Waals surface area contributed by atoms with Gasteiger partial charge in [0, 0.05) is 0 Å². The monoisotopic (exact) mass is 86.1 g/mol. The van der Waals surface area contributed by atoms with Crippen molar-refractivity contribution >= 4 is 0 Å². The Morgan fingerprint density at radius 3 is 2.00 bits per heavy atom. The first-order chi connectivity index (χ1) is 2.41. The van der Waals surface area contributed by atoms with Crippen LogP contribution in [0.1, 0.15) is 19.8 Å². The summed E-state index contributed by atoms with van der Waals surface area (Å²) >= 11 is 0. The van der Waals surface area contributed by atoms with Crippen molar-refractivity contribution in [2.45, 2.75) is 19.8 Å². The Morgan fingerprint density at radius 1 is 1.50 bits per heavy atom. The van der Waals surface area contributed by atoms with Crippen LogP contribution in [0.2, 0.25) is 0 Å². The lowest BCUT2D eigenvalue weighted by Crippen LogP contribution is -1.95. The zero-order valence-corrected chi connectivity index (χ0v) is 4.28. The minimum absolute atomic E-state index is 0. The first-order valence-electron chi connectivity index (χ1n) is 2.12. The van der Waals surface area contributed by atoms with E-state index >= 15 is 0 Å². The van der Waals surface area contributed by atoms with Gasteiger partial charge in [-0.3, -0.25) is 0 Å². The zero-order chi connectivity index (χ0) is 4.12. The molecule has 0 bridgehead atoms. The predicted molar refractivity (Wildman–Crippen MR) is 28.3 cm³/mol. The third-order valence-electron chi connectivity index (χ3n) is 0.558. The molecular formula is C5H12N. The Labute approximate surface area is 40.5 Å². The second-order valence-electron chi connectivity index (χ2n) is 1.14. The average molecular weight is 86.2 g/mol. The fraction of sp³-hybridized carbons (Fsp3) is 0.800. The second kappa shape index (κ2) is 8.88. The highest BCUT2D eigenvalue weighted by Gasteiger charge is 1.67. The minimum Gasteiger partial charge on any atom is -0.330 e. The van der Waals surface area contributed by atoms with Crippen molar-refractivity contribution in [2.24, 2.45) is 5.73 Å². The van der Waals surface area contributed by atoms with Crippen molar-refractivity contribution in [3.63, 3.8) is 0 Å². The maximum Gasteiger partial charge on any atom is -0.00774 e. The van der Waals surface area contributed by atoms with E-state index < -0.39 is 0 Å². The summed E-state index contributed by atoms with van der Waals surface area (Å²) in [7, 11) is 0. The van der Waals surface area contributed by atoms with Gasteiger partial charge in [-0.05, 0) is 20.4 Å². The molecule has 0 atom stereocenters. The largest absolute Gasteiger partial charge is 0.330 e. The molecule has 0 aliphatic rings. The molecule has 1 nitrogen and oxygen atoms in total. The van der Waals surface area contributed by atoms with Gasteiger partial charge in [-0.1, -0.05) is 13.3 Å². The number of hydrogen-bond acceptors (Lipinski definition) is 1. The van der Waals surface area contributed by atoms with Gasteiger partial charge in [0.05, 0.1) is 0 Å². The van der Waals surface area contributed by atoms with Crippen molar-refractivity contribution in [3.8, 4) is 0 Å². The molecule has 6 heavy (non-hydrogen) atoms. The van der Waals surface area contributed by atoms with Crippen LogP contribution in [-0.4, -0.2) is 6.54 Å². The van der Waals surface area contributed by atoms with Crippen LogP contribution in [0.15, 0.2) is 0 Å². The van der Waals surface area contributed by atoms with Crippen LogP contribution in [-0.2, 0) is 0 Å². The van der Waals surface area contributed by atoms with E-state index in [1.807, 2.05) is 0 Å². The molecule has 0 fully saturated rings. The fourth-order valence-corrected chi connectivity index (χ4v) is 0.204. The van der Waals surface area contributed by atoms with E-state index in [0.717, 1.165) is 6.54 Å². The number of rotatable bonds is 2. The summed E-state index contributed by atoms with van der Waals surface area (Å²) in [6.07, 6.45) is 2.39. The topological polar surface area (TPSA) is 26.0 Å². The third kappa shape index (κ3) is 9.03. The van der Waals surface area contributed by atoms with Crippen molar-refractivity contribution in [1.82, 2.24) is 0 Å². The summed E-state index contributed by atoms with van der Waals surface area (Å²) < 4.78 is 0. The Kier molecular flexibility index (Phi) is 13.8. The molecule has 0 saturated heterocycles. The molecule has 0 saturated carbocycles. The van der Waals surface area contributed by atoms with Gasteiger partial charge < -0.3 is 5.73 Å². The van der Waals surface area contributed by atoms with Gasteiger partial charge in [0.1, 0.15) is 0 Å². The highest BCUT2D eigenvalue weighted by molar-refractivity contribution is 4.29. The van der Waals surface area contributed by atoms with E-state index in [0.29, 0.717) is 0 Å². The van der Waals surface area contributed by atoms with Crippen LogP contribution in [0.4, 0.5) is 0 Å². The quantitative estimate of drug-likeness (QED) is 0.532. The van der Waals surface area contributed by atoms with Crippen LogP contribution >= 0.6 is 0 Å². The van der Waals surface area contributed by atoms with Gasteiger partial charge in [-0.2, -0.15) is 0 Å². The standard InChI is InChI=1S/C4H11N.CH/c1-2-3-4-5;/h2-5H2,1H3;1H. The first kappa shape index (κ1) is 9.35. The van der Waals surface area contributed by atoms with Crippen molar-refractivity contribution in [3.05, 3.63) is 7.43 Å². The van der Waals surface area contributed by atoms with Gasteiger partial charge in [0.15, 0.2) is 0 Å². The summed E-state index contributed by atoms with van der Waals surface area (Å²) in [6, 6.07) is 0. The van der Waals surface area contributed by atoms with E-state index in [2.05, 4.69) is 6.92 Å². The van der Waals surface area contributed by atoms with E-state index in [-0.39, 0.29) is 7.43 Å². The number of unbranched alkanes of at least 4 members (excludes halogenated alkanes) is 1. The van der Waals surface area contributed by atoms with Gasteiger partial charge in [0.2, 0.25) is 0 Å². The van der Waals surface area contributed by atoms with Crippen molar-refractivity contribution in [2.75, 3.05) is 6.54 Å².